The van der Waals surface area contributed by atoms with Crippen molar-refractivity contribution >= 4 is 11.8 Å². The largest absolute Gasteiger partial charge is 0.453 e. The summed E-state index contributed by atoms with van der Waals surface area (Å²) < 4.78 is 11.4. The second-order valence-electron chi connectivity index (χ2n) is 7.61. The lowest BCUT2D eigenvalue weighted by Crippen LogP contribution is -2.29. The van der Waals surface area contributed by atoms with Crippen LogP contribution >= 0.6 is 0 Å². The average molecular weight is 383 g/mol. The number of carbonyl (C=O) groups is 2. The Morgan fingerprint density at radius 3 is 2.25 bits per heavy atom. The molecular weight excluding hydrogens is 354 g/mol. The van der Waals surface area contributed by atoms with Crippen LogP contribution in [0.5, 0.6) is 17.2 Å². The van der Waals surface area contributed by atoms with Gasteiger partial charge in [0, 0.05) is 18.0 Å². The number of aryl methyl sites for hydroxylation is 1. The highest BCUT2D eigenvalue weighted by atomic mass is 16.6. The highest BCUT2D eigenvalue weighted by molar-refractivity contribution is 5.98. The van der Waals surface area contributed by atoms with Crippen molar-refractivity contribution in [3.05, 3.63) is 53.6 Å². The second kappa shape index (κ2) is 10.0. The molecule has 0 spiro atoms. The highest BCUT2D eigenvalue weighted by Crippen LogP contribution is 2.33. The van der Waals surface area contributed by atoms with Crippen molar-refractivity contribution in [2.24, 2.45) is 5.92 Å². The Morgan fingerprint density at radius 2 is 1.64 bits per heavy atom. The maximum atomic E-state index is 12.5. The van der Waals surface area contributed by atoms with Gasteiger partial charge >= 0.3 is 5.97 Å². The summed E-state index contributed by atoms with van der Waals surface area (Å²) in [5, 5.41) is 3.11. The number of hydrogen-bond donors (Lipinski definition) is 1. The summed E-state index contributed by atoms with van der Waals surface area (Å²) in [4.78, 5) is 24.6. The lowest BCUT2D eigenvalue weighted by molar-refractivity contribution is -0.135. The quantitative estimate of drug-likeness (QED) is 0.378. The highest BCUT2D eigenvalue weighted by Gasteiger charge is 2.16. The zero-order valence-corrected chi connectivity index (χ0v) is 17.2. The van der Waals surface area contributed by atoms with Crippen molar-refractivity contribution in [3.8, 4) is 17.2 Å². The molecule has 0 atom stereocenters. The van der Waals surface area contributed by atoms with E-state index in [4.69, 9.17) is 9.47 Å². The lowest BCUT2D eigenvalue weighted by Gasteiger charge is -2.14. The van der Waals surface area contributed by atoms with Gasteiger partial charge in [-0.05, 0) is 43.2 Å². The van der Waals surface area contributed by atoms with Crippen LogP contribution in [0.3, 0.4) is 0 Å². The van der Waals surface area contributed by atoms with E-state index in [2.05, 4.69) is 5.32 Å². The SMILES string of the molecule is Cc1ccc(Oc2cc(C(=O)CNC(C)C)ccc2OC(=O)CC(C)C)cc1. The smallest absolute Gasteiger partial charge is 0.311 e. The Labute approximate surface area is 167 Å². The van der Waals surface area contributed by atoms with Crippen LogP contribution in [0.15, 0.2) is 42.5 Å². The second-order valence-corrected chi connectivity index (χ2v) is 7.61. The van der Waals surface area contributed by atoms with Gasteiger partial charge in [-0.2, -0.15) is 0 Å². The number of ether oxygens (including phenoxy) is 2. The molecule has 0 aliphatic heterocycles. The Bertz CT molecular complexity index is 810. The number of carbonyl (C=O) groups excluding carboxylic acids is 2. The number of ketones is 1. The van der Waals surface area contributed by atoms with E-state index in [1.165, 1.54) is 0 Å². The predicted molar refractivity (Wildman–Crippen MR) is 110 cm³/mol. The van der Waals surface area contributed by atoms with Crippen molar-refractivity contribution in [1.29, 1.82) is 0 Å². The van der Waals surface area contributed by atoms with E-state index in [1.807, 2.05) is 58.9 Å². The van der Waals surface area contributed by atoms with Gasteiger partial charge in [-0.25, -0.2) is 0 Å². The molecule has 150 valence electrons. The first kappa shape index (κ1) is 21.6. The molecule has 0 bridgehead atoms. The van der Waals surface area contributed by atoms with Crippen LogP contribution in [-0.2, 0) is 4.79 Å². The summed E-state index contributed by atoms with van der Waals surface area (Å²) in [6.07, 6.45) is 0.308. The van der Waals surface area contributed by atoms with E-state index >= 15 is 0 Å². The summed E-state index contributed by atoms with van der Waals surface area (Å²) in [5.41, 5.74) is 1.61. The zero-order valence-electron chi connectivity index (χ0n) is 17.2. The third kappa shape index (κ3) is 6.82. The molecule has 0 radical (unpaired) electrons. The third-order valence-electron chi connectivity index (χ3n) is 3.98. The molecule has 5 nitrogen and oxygen atoms in total. The summed E-state index contributed by atoms with van der Waals surface area (Å²) in [5.74, 6) is 1.07. The summed E-state index contributed by atoms with van der Waals surface area (Å²) in [7, 11) is 0. The third-order valence-corrected chi connectivity index (χ3v) is 3.98. The van der Waals surface area contributed by atoms with Gasteiger partial charge in [0.15, 0.2) is 17.3 Å². The van der Waals surface area contributed by atoms with Gasteiger partial charge in [0.2, 0.25) is 0 Å². The summed E-state index contributed by atoms with van der Waals surface area (Å²) >= 11 is 0. The number of nitrogens with one attached hydrogen (secondary N) is 1. The number of Topliss-reactive ketones (excluding diaryl/α,β-unsaturated/α-hetero) is 1. The van der Waals surface area contributed by atoms with Gasteiger partial charge in [0.05, 0.1) is 6.54 Å². The van der Waals surface area contributed by atoms with E-state index in [9.17, 15) is 9.59 Å². The fraction of sp³-hybridized carbons (Fsp3) is 0.391. The van der Waals surface area contributed by atoms with Gasteiger partial charge in [-0.1, -0.05) is 45.4 Å². The number of esters is 1. The molecule has 0 saturated carbocycles. The molecule has 0 heterocycles. The molecule has 2 aromatic carbocycles. The Kier molecular flexibility index (Phi) is 7.76. The zero-order chi connectivity index (χ0) is 20.7. The van der Waals surface area contributed by atoms with Crippen molar-refractivity contribution < 1.29 is 19.1 Å². The van der Waals surface area contributed by atoms with Crippen molar-refractivity contribution in [3.63, 3.8) is 0 Å². The molecule has 0 fully saturated rings. The van der Waals surface area contributed by atoms with Gasteiger partial charge in [0.1, 0.15) is 5.75 Å². The fourth-order valence-corrected chi connectivity index (χ4v) is 2.48. The Hall–Kier alpha value is -2.66. The van der Waals surface area contributed by atoms with E-state index in [0.29, 0.717) is 29.2 Å². The number of rotatable bonds is 9. The minimum absolute atomic E-state index is 0.0532. The van der Waals surface area contributed by atoms with E-state index in [0.717, 1.165) is 5.56 Å². The minimum atomic E-state index is -0.329. The van der Waals surface area contributed by atoms with Crippen LogP contribution in [0, 0.1) is 12.8 Å². The molecule has 0 aliphatic carbocycles. The molecule has 28 heavy (non-hydrogen) atoms. The monoisotopic (exact) mass is 383 g/mol. The standard InChI is InChI=1S/C23H29NO4/c1-15(2)12-23(26)28-21-11-8-18(20(25)14-24-16(3)4)13-22(21)27-19-9-6-17(5)7-10-19/h6-11,13,15-16,24H,12,14H2,1-5H3. The first-order valence-corrected chi connectivity index (χ1v) is 9.60. The first-order chi connectivity index (χ1) is 13.2. The number of benzene rings is 2. The van der Waals surface area contributed by atoms with Gasteiger partial charge in [0.25, 0.3) is 0 Å². The molecule has 0 amide bonds. The summed E-state index contributed by atoms with van der Waals surface area (Å²) in [6.45, 7) is 10.1. The molecule has 2 aromatic rings. The van der Waals surface area contributed by atoms with E-state index < -0.39 is 0 Å². The molecule has 0 aromatic heterocycles. The normalized spacial score (nSPS) is 11.0. The Balaban J connectivity index is 2.28. The molecular formula is C23H29NO4. The van der Waals surface area contributed by atoms with Crippen molar-refractivity contribution in [2.75, 3.05) is 6.54 Å². The first-order valence-electron chi connectivity index (χ1n) is 9.60. The van der Waals surface area contributed by atoms with Gasteiger partial charge < -0.3 is 14.8 Å². The van der Waals surface area contributed by atoms with Crippen molar-refractivity contribution in [1.82, 2.24) is 5.32 Å². The molecule has 0 unspecified atom stereocenters. The number of hydrogen-bond acceptors (Lipinski definition) is 5. The van der Waals surface area contributed by atoms with E-state index in [1.54, 1.807) is 18.2 Å². The fourth-order valence-electron chi connectivity index (χ4n) is 2.48. The lowest BCUT2D eigenvalue weighted by atomic mass is 10.1. The summed E-state index contributed by atoms with van der Waals surface area (Å²) in [6, 6.07) is 12.6. The van der Waals surface area contributed by atoms with Gasteiger partial charge in [-0.15, -0.1) is 0 Å². The predicted octanol–water partition coefficient (Wildman–Crippen LogP) is 4.92. The van der Waals surface area contributed by atoms with Crippen LogP contribution in [0.2, 0.25) is 0 Å². The molecule has 2 rings (SSSR count). The average Bonchev–Trinajstić information content (AvgIpc) is 2.62. The van der Waals surface area contributed by atoms with Crippen molar-refractivity contribution in [2.45, 2.75) is 47.1 Å². The minimum Gasteiger partial charge on any atom is -0.453 e. The maximum absolute atomic E-state index is 12.5. The van der Waals surface area contributed by atoms with Crippen LogP contribution in [0.4, 0.5) is 0 Å². The van der Waals surface area contributed by atoms with Crippen LogP contribution in [-0.4, -0.2) is 24.3 Å². The topological polar surface area (TPSA) is 64.6 Å². The van der Waals surface area contributed by atoms with Crippen LogP contribution in [0.25, 0.3) is 0 Å². The Morgan fingerprint density at radius 1 is 0.964 bits per heavy atom. The van der Waals surface area contributed by atoms with Crippen LogP contribution in [0.1, 0.15) is 50.0 Å². The van der Waals surface area contributed by atoms with Gasteiger partial charge in [-0.3, -0.25) is 9.59 Å². The maximum Gasteiger partial charge on any atom is 0.311 e. The van der Waals surface area contributed by atoms with E-state index in [-0.39, 0.29) is 30.3 Å². The van der Waals surface area contributed by atoms with Crippen LogP contribution < -0.4 is 14.8 Å². The molecule has 5 heteroatoms. The molecule has 1 N–H and O–H groups in total. The molecule has 0 saturated heterocycles. The molecule has 0 aliphatic rings.